The van der Waals surface area contributed by atoms with E-state index in [9.17, 15) is 9.59 Å². The van der Waals surface area contributed by atoms with Crippen molar-refractivity contribution in [3.63, 3.8) is 0 Å². The minimum atomic E-state index is -0.688. The van der Waals surface area contributed by atoms with Crippen LogP contribution in [-0.2, 0) is 16.1 Å². The second-order valence-corrected chi connectivity index (χ2v) is 9.86. The smallest absolute Gasteiger partial charge is 0.251 e. The first-order valence-electron chi connectivity index (χ1n) is 12.3. The monoisotopic (exact) mass is 508 g/mol. The normalized spacial score (nSPS) is 12.1. The summed E-state index contributed by atoms with van der Waals surface area (Å²) in [4.78, 5) is 29.8. The Morgan fingerprint density at radius 1 is 1.08 bits per heavy atom. The number of carbonyl (C=O) groups is 2. The SMILES string of the molecule is CCCC(C(=O)NC(C)(C)C)N(C(=O)Cn1nnc(-c2ccc(OC)c(OC)c2)n1)c1cccc(C)c1. The molecule has 0 aliphatic rings. The van der Waals surface area contributed by atoms with Gasteiger partial charge in [0.2, 0.25) is 11.7 Å². The lowest BCUT2D eigenvalue weighted by Crippen LogP contribution is -2.54. The summed E-state index contributed by atoms with van der Waals surface area (Å²) in [7, 11) is 3.11. The van der Waals surface area contributed by atoms with Gasteiger partial charge >= 0.3 is 0 Å². The standard InChI is InChI=1S/C27H36N6O4/c1-8-10-21(26(35)28-27(3,4)5)33(20-12-9-11-18(2)15-20)24(34)17-32-30-25(29-31-32)19-13-14-22(36-6)23(16-19)37-7/h9,11-16,21H,8,10,17H2,1-7H3,(H,28,35). The summed E-state index contributed by atoms with van der Waals surface area (Å²) in [5.41, 5.74) is 1.86. The minimum Gasteiger partial charge on any atom is -0.493 e. The number of nitrogens with zero attached hydrogens (tertiary/aromatic N) is 5. The molecule has 0 aliphatic carbocycles. The van der Waals surface area contributed by atoms with Crippen molar-refractivity contribution in [3.8, 4) is 22.9 Å². The van der Waals surface area contributed by atoms with Gasteiger partial charge in [0.15, 0.2) is 11.5 Å². The van der Waals surface area contributed by atoms with Gasteiger partial charge in [0.25, 0.3) is 5.91 Å². The molecule has 37 heavy (non-hydrogen) atoms. The van der Waals surface area contributed by atoms with E-state index < -0.39 is 11.6 Å². The first-order chi connectivity index (χ1) is 17.6. The molecule has 10 heteroatoms. The van der Waals surface area contributed by atoms with Crippen LogP contribution in [0.15, 0.2) is 42.5 Å². The Bertz CT molecular complexity index is 1230. The van der Waals surface area contributed by atoms with Crippen molar-refractivity contribution in [2.75, 3.05) is 19.1 Å². The molecule has 0 spiro atoms. The molecule has 2 aromatic carbocycles. The first-order valence-corrected chi connectivity index (χ1v) is 12.3. The van der Waals surface area contributed by atoms with Gasteiger partial charge in [0.05, 0.1) is 14.2 Å². The van der Waals surface area contributed by atoms with Crippen molar-refractivity contribution in [3.05, 3.63) is 48.0 Å². The number of benzene rings is 2. The molecule has 1 N–H and O–H groups in total. The summed E-state index contributed by atoms with van der Waals surface area (Å²) in [6.07, 6.45) is 1.23. The van der Waals surface area contributed by atoms with Gasteiger partial charge in [-0.05, 0) is 75.2 Å². The molecule has 1 aromatic heterocycles. The molecular weight excluding hydrogens is 472 g/mol. The fraction of sp³-hybridized carbons (Fsp3) is 0.444. The zero-order valence-electron chi connectivity index (χ0n) is 22.6. The maximum absolute atomic E-state index is 13.7. The topological polar surface area (TPSA) is 111 Å². The third-order valence-corrected chi connectivity index (χ3v) is 5.59. The zero-order valence-corrected chi connectivity index (χ0v) is 22.6. The van der Waals surface area contributed by atoms with Gasteiger partial charge in [-0.2, -0.15) is 4.80 Å². The van der Waals surface area contributed by atoms with E-state index in [0.717, 1.165) is 12.0 Å². The Morgan fingerprint density at radius 3 is 2.43 bits per heavy atom. The number of hydrogen-bond donors (Lipinski definition) is 1. The van der Waals surface area contributed by atoms with E-state index in [1.807, 2.05) is 58.9 Å². The van der Waals surface area contributed by atoms with Crippen LogP contribution in [0.3, 0.4) is 0 Å². The van der Waals surface area contributed by atoms with E-state index in [-0.39, 0.29) is 18.4 Å². The lowest BCUT2D eigenvalue weighted by atomic mass is 10.0. The molecule has 10 nitrogen and oxygen atoms in total. The average molecular weight is 509 g/mol. The van der Waals surface area contributed by atoms with Crippen molar-refractivity contribution in [1.29, 1.82) is 0 Å². The molecule has 3 rings (SSSR count). The maximum atomic E-state index is 13.7. The fourth-order valence-corrected chi connectivity index (χ4v) is 3.98. The van der Waals surface area contributed by atoms with Crippen LogP contribution in [0.5, 0.6) is 11.5 Å². The molecule has 3 aromatic rings. The van der Waals surface area contributed by atoms with Crippen molar-refractivity contribution in [2.45, 2.75) is 65.6 Å². The summed E-state index contributed by atoms with van der Waals surface area (Å²) in [5.74, 6) is 0.931. The molecule has 0 radical (unpaired) electrons. The van der Waals surface area contributed by atoms with Crippen molar-refractivity contribution in [2.24, 2.45) is 0 Å². The predicted molar refractivity (Wildman–Crippen MR) is 142 cm³/mol. The Labute approximate surface area is 217 Å². The van der Waals surface area contributed by atoms with Crippen molar-refractivity contribution in [1.82, 2.24) is 25.5 Å². The summed E-state index contributed by atoms with van der Waals surface area (Å²) in [6.45, 7) is 9.51. The van der Waals surface area contributed by atoms with Crippen LogP contribution in [0.2, 0.25) is 0 Å². The number of aryl methyl sites for hydroxylation is 1. The van der Waals surface area contributed by atoms with Crippen LogP contribution >= 0.6 is 0 Å². The number of methoxy groups -OCH3 is 2. The van der Waals surface area contributed by atoms with E-state index in [0.29, 0.717) is 35.0 Å². The van der Waals surface area contributed by atoms with Crippen LogP contribution in [0.25, 0.3) is 11.4 Å². The quantitative estimate of drug-likeness (QED) is 0.444. The van der Waals surface area contributed by atoms with Gasteiger partial charge in [-0.15, -0.1) is 10.2 Å². The van der Waals surface area contributed by atoms with Gasteiger partial charge < -0.3 is 14.8 Å². The largest absolute Gasteiger partial charge is 0.493 e. The molecule has 1 unspecified atom stereocenters. The van der Waals surface area contributed by atoms with Crippen LogP contribution in [0, 0.1) is 6.92 Å². The molecule has 198 valence electrons. The van der Waals surface area contributed by atoms with E-state index >= 15 is 0 Å². The molecule has 2 amide bonds. The van der Waals surface area contributed by atoms with E-state index in [4.69, 9.17) is 9.47 Å². The van der Waals surface area contributed by atoms with Crippen LogP contribution in [0.1, 0.15) is 46.1 Å². The number of hydrogen-bond acceptors (Lipinski definition) is 7. The summed E-state index contributed by atoms with van der Waals surface area (Å²) in [6, 6.07) is 12.2. The highest BCUT2D eigenvalue weighted by Crippen LogP contribution is 2.30. The summed E-state index contributed by atoms with van der Waals surface area (Å²) >= 11 is 0. The van der Waals surface area contributed by atoms with Gasteiger partial charge in [0, 0.05) is 16.8 Å². The van der Waals surface area contributed by atoms with E-state index in [1.165, 1.54) is 4.80 Å². The number of rotatable bonds is 10. The Morgan fingerprint density at radius 2 is 1.81 bits per heavy atom. The number of carbonyl (C=O) groups excluding carboxylic acids is 2. The minimum absolute atomic E-state index is 0.183. The molecule has 1 atom stereocenters. The lowest BCUT2D eigenvalue weighted by molar-refractivity contribution is -0.128. The number of nitrogens with one attached hydrogen (secondary N) is 1. The predicted octanol–water partition coefficient (Wildman–Crippen LogP) is 3.78. The number of aromatic nitrogens is 4. The highest BCUT2D eigenvalue weighted by molar-refractivity contribution is 6.00. The first kappa shape index (κ1) is 27.6. The molecule has 0 saturated carbocycles. The Balaban J connectivity index is 1.92. The number of anilines is 1. The fourth-order valence-electron chi connectivity index (χ4n) is 3.98. The number of tetrazole rings is 1. The van der Waals surface area contributed by atoms with Gasteiger partial charge in [-0.3, -0.25) is 14.5 Å². The molecule has 0 bridgehead atoms. The van der Waals surface area contributed by atoms with Crippen LogP contribution in [0.4, 0.5) is 5.69 Å². The second kappa shape index (κ2) is 11.9. The highest BCUT2D eigenvalue weighted by atomic mass is 16.5. The molecule has 0 fully saturated rings. The summed E-state index contributed by atoms with van der Waals surface area (Å²) in [5, 5.41) is 15.6. The van der Waals surface area contributed by atoms with Gasteiger partial charge in [0.1, 0.15) is 12.6 Å². The highest BCUT2D eigenvalue weighted by Gasteiger charge is 2.33. The van der Waals surface area contributed by atoms with E-state index in [1.54, 1.807) is 37.3 Å². The van der Waals surface area contributed by atoms with Gasteiger partial charge in [-0.1, -0.05) is 25.5 Å². The third kappa shape index (κ3) is 7.05. The third-order valence-electron chi connectivity index (χ3n) is 5.59. The lowest BCUT2D eigenvalue weighted by Gasteiger charge is -2.33. The Hall–Kier alpha value is -3.95. The van der Waals surface area contributed by atoms with E-state index in [2.05, 4.69) is 20.7 Å². The maximum Gasteiger partial charge on any atom is 0.251 e. The molecule has 1 heterocycles. The number of ether oxygens (including phenoxy) is 2. The van der Waals surface area contributed by atoms with Gasteiger partial charge in [-0.25, -0.2) is 0 Å². The summed E-state index contributed by atoms with van der Waals surface area (Å²) < 4.78 is 10.6. The average Bonchev–Trinajstić information content (AvgIpc) is 3.30. The Kier molecular flexibility index (Phi) is 8.86. The zero-order chi connectivity index (χ0) is 27.2. The van der Waals surface area contributed by atoms with Crippen molar-refractivity contribution >= 4 is 17.5 Å². The number of amides is 2. The molecular formula is C27H36N6O4. The second-order valence-electron chi connectivity index (χ2n) is 9.86. The molecule has 0 saturated heterocycles. The van der Waals surface area contributed by atoms with Crippen LogP contribution < -0.4 is 19.7 Å². The van der Waals surface area contributed by atoms with Crippen molar-refractivity contribution < 1.29 is 19.1 Å². The van der Waals surface area contributed by atoms with Crippen LogP contribution in [-0.4, -0.2) is 57.8 Å². The molecule has 0 aliphatic heterocycles.